The fourth-order valence-corrected chi connectivity index (χ4v) is 3.34. The van der Waals surface area contributed by atoms with Crippen molar-refractivity contribution in [3.8, 4) is 11.8 Å². The Labute approximate surface area is 172 Å². The van der Waals surface area contributed by atoms with Gasteiger partial charge in [-0.1, -0.05) is 17.7 Å². The Kier molecular flexibility index (Phi) is 8.06. The molecule has 2 fully saturated rings. The predicted octanol–water partition coefficient (Wildman–Crippen LogP) is 2.64. The van der Waals surface area contributed by atoms with Crippen LogP contribution < -0.4 is 10.1 Å². The molecule has 3 atom stereocenters. The number of alkyl halides is 3. The average molecular weight is 427 g/mol. The van der Waals surface area contributed by atoms with E-state index in [4.69, 9.17) is 19.9 Å². The van der Waals surface area contributed by atoms with Crippen LogP contribution in [0.1, 0.15) is 31.2 Å². The lowest BCUT2D eigenvalue weighted by Gasteiger charge is -2.24. The van der Waals surface area contributed by atoms with E-state index in [2.05, 4.69) is 11.4 Å². The molecule has 164 valence electrons. The standard InChI is InChI=1S/C18H23N3O2.C2HF3O2/c1-13-4-7-16(8-5-13)23-12-14-6-9-17(20-14)18(22)21-10-2-3-15(21)11-19;3-2(4,5)1(6)7/h4-5,7-8,14-15,17,20H,2-3,6,9-10,12H2,1H3;(H,6,7)/t14-,15+,17+;/m1./s1. The summed E-state index contributed by atoms with van der Waals surface area (Å²) in [7, 11) is 0. The molecule has 0 bridgehead atoms. The molecule has 3 rings (SSSR count). The Morgan fingerprint density at radius 2 is 1.90 bits per heavy atom. The maximum atomic E-state index is 12.5. The van der Waals surface area contributed by atoms with Gasteiger partial charge in [-0.15, -0.1) is 0 Å². The number of carbonyl (C=O) groups is 2. The number of likely N-dealkylation sites (tertiary alicyclic amines) is 1. The number of hydrogen-bond acceptors (Lipinski definition) is 5. The Bertz CT molecular complexity index is 777. The SMILES string of the molecule is Cc1ccc(OC[C@H]2CC[C@@H](C(=O)N3CCC[C@H]3C#N)N2)cc1.O=C(O)C(F)(F)F. The van der Waals surface area contributed by atoms with Crippen LogP contribution in [0, 0.1) is 18.3 Å². The second-order valence-corrected chi connectivity index (χ2v) is 7.24. The van der Waals surface area contributed by atoms with E-state index >= 15 is 0 Å². The van der Waals surface area contributed by atoms with Crippen molar-refractivity contribution in [1.29, 1.82) is 5.26 Å². The van der Waals surface area contributed by atoms with Crippen LogP contribution in [0.2, 0.25) is 0 Å². The van der Waals surface area contributed by atoms with Gasteiger partial charge in [-0.05, 0) is 44.7 Å². The van der Waals surface area contributed by atoms with Gasteiger partial charge in [-0.2, -0.15) is 18.4 Å². The molecule has 1 amide bonds. The number of hydrogen-bond donors (Lipinski definition) is 2. The van der Waals surface area contributed by atoms with Crippen LogP contribution in [0.15, 0.2) is 24.3 Å². The van der Waals surface area contributed by atoms with E-state index < -0.39 is 12.1 Å². The first-order valence-electron chi connectivity index (χ1n) is 9.57. The molecule has 0 aliphatic carbocycles. The van der Waals surface area contributed by atoms with Gasteiger partial charge in [-0.3, -0.25) is 10.1 Å². The summed E-state index contributed by atoms with van der Waals surface area (Å²) < 4.78 is 37.5. The summed E-state index contributed by atoms with van der Waals surface area (Å²) in [6.45, 7) is 3.32. The highest BCUT2D eigenvalue weighted by Gasteiger charge is 2.38. The van der Waals surface area contributed by atoms with Crippen molar-refractivity contribution in [2.24, 2.45) is 0 Å². The molecule has 0 radical (unpaired) electrons. The lowest BCUT2D eigenvalue weighted by molar-refractivity contribution is -0.192. The fourth-order valence-electron chi connectivity index (χ4n) is 3.34. The van der Waals surface area contributed by atoms with Crippen LogP contribution in [0.5, 0.6) is 5.75 Å². The van der Waals surface area contributed by atoms with Gasteiger partial charge in [0.15, 0.2) is 0 Å². The molecule has 2 N–H and O–H groups in total. The second kappa shape index (κ2) is 10.3. The van der Waals surface area contributed by atoms with Crippen molar-refractivity contribution in [1.82, 2.24) is 10.2 Å². The quantitative estimate of drug-likeness (QED) is 0.766. The maximum absolute atomic E-state index is 12.5. The first-order valence-corrected chi connectivity index (χ1v) is 9.57. The third kappa shape index (κ3) is 6.62. The summed E-state index contributed by atoms with van der Waals surface area (Å²) in [6, 6.07) is 10.00. The first-order chi connectivity index (χ1) is 14.1. The average Bonchev–Trinajstić information content (AvgIpc) is 3.36. The third-order valence-electron chi connectivity index (χ3n) is 4.94. The smallest absolute Gasteiger partial charge is 0.490 e. The number of carboxylic acid groups (broad SMARTS) is 1. The zero-order chi connectivity index (χ0) is 22.3. The zero-order valence-electron chi connectivity index (χ0n) is 16.5. The minimum Gasteiger partial charge on any atom is -0.492 e. The van der Waals surface area contributed by atoms with Crippen LogP contribution in [0.4, 0.5) is 13.2 Å². The Balaban J connectivity index is 0.000000396. The van der Waals surface area contributed by atoms with Gasteiger partial charge in [-0.25, -0.2) is 4.79 Å². The Hall–Kier alpha value is -2.80. The van der Waals surface area contributed by atoms with Crippen molar-refractivity contribution in [3.63, 3.8) is 0 Å². The molecule has 0 saturated carbocycles. The molecule has 7 nitrogen and oxygen atoms in total. The number of amides is 1. The van der Waals surface area contributed by atoms with Gasteiger partial charge in [0.05, 0.1) is 12.1 Å². The predicted molar refractivity (Wildman–Crippen MR) is 101 cm³/mol. The summed E-state index contributed by atoms with van der Waals surface area (Å²) in [6.07, 6.45) is -1.62. The minimum atomic E-state index is -5.08. The van der Waals surface area contributed by atoms with E-state index in [0.29, 0.717) is 13.2 Å². The van der Waals surface area contributed by atoms with Crippen molar-refractivity contribution in [2.75, 3.05) is 13.2 Å². The Morgan fingerprint density at radius 3 is 2.47 bits per heavy atom. The summed E-state index contributed by atoms with van der Waals surface area (Å²) in [4.78, 5) is 23.2. The number of aliphatic carboxylic acids is 1. The monoisotopic (exact) mass is 427 g/mol. The lowest BCUT2D eigenvalue weighted by atomic mass is 10.1. The topological polar surface area (TPSA) is 103 Å². The number of nitrogens with zero attached hydrogens (tertiary/aromatic N) is 2. The number of halogens is 3. The molecule has 1 aromatic carbocycles. The van der Waals surface area contributed by atoms with Crippen molar-refractivity contribution >= 4 is 11.9 Å². The highest BCUT2D eigenvalue weighted by atomic mass is 19.4. The van der Waals surface area contributed by atoms with Gasteiger partial charge >= 0.3 is 12.1 Å². The number of benzene rings is 1. The van der Waals surface area contributed by atoms with E-state index in [1.165, 1.54) is 5.56 Å². The summed E-state index contributed by atoms with van der Waals surface area (Å²) >= 11 is 0. The van der Waals surface area contributed by atoms with Gasteiger partial charge in [0.25, 0.3) is 0 Å². The highest BCUT2D eigenvalue weighted by molar-refractivity contribution is 5.83. The fraction of sp³-hybridized carbons (Fsp3) is 0.550. The normalized spacial score (nSPS) is 23.3. The van der Waals surface area contributed by atoms with Gasteiger partial charge in [0.1, 0.15) is 18.4 Å². The van der Waals surface area contributed by atoms with Gasteiger partial charge in [0, 0.05) is 12.6 Å². The van der Waals surface area contributed by atoms with Crippen molar-refractivity contribution in [2.45, 2.75) is 56.9 Å². The van der Waals surface area contributed by atoms with E-state index in [1.807, 2.05) is 31.2 Å². The largest absolute Gasteiger partial charge is 0.492 e. The molecular formula is C20H24F3N3O4. The minimum absolute atomic E-state index is 0.0758. The van der Waals surface area contributed by atoms with Crippen LogP contribution in [0.25, 0.3) is 0 Å². The van der Waals surface area contributed by atoms with Crippen LogP contribution >= 0.6 is 0 Å². The molecule has 2 heterocycles. The molecule has 0 aromatic heterocycles. The summed E-state index contributed by atoms with van der Waals surface area (Å²) in [5.74, 6) is -1.82. The van der Waals surface area contributed by atoms with E-state index in [9.17, 15) is 18.0 Å². The van der Waals surface area contributed by atoms with Crippen molar-refractivity contribution in [3.05, 3.63) is 29.8 Å². The summed E-state index contributed by atoms with van der Waals surface area (Å²) in [5, 5.41) is 19.6. The number of ether oxygens (including phenoxy) is 1. The molecule has 0 unspecified atom stereocenters. The number of nitriles is 1. The Morgan fingerprint density at radius 1 is 1.27 bits per heavy atom. The van der Waals surface area contributed by atoms with Crippen molar-refractivity contribution < 1.29 is 32.6 Å². The second-order valence-electron chi connectivity index (χ2n) is 7.24. The molecule has 2 aliphatic rings. The number of rotatable bonds is 4. The van der Waals surface area contributed by atoms with E-state index in [1.54, 1.807) is 4.90 Å². The molecule has 30 heavy (non-hydrogen) atoms. The number of aryl methyl sites for hydroxylation is 1. The molecule has 0 spiro atoms. The number of carbonyl (C=O) groups excluding carboxylic acids is 1. The molecular weight excluding hydrogens is 403 g/mol. The molecule has 2 aliphatic heterocycles. The van der Waals surface area contributed by atoms with Crippen LogP contribution in [-0.2, 0) is 9.59 Å². The van der Waals surface area contributed by atoms with Gasteiger partial charge < -0.3 is 14.7 Å². The highest BCUT2D eigenvalue weighted by Crippen LogP contribution is 2.22. The van der Waals surface area contributed by atoms with Crippen LogP contribution in [-0.4, -0.2) is 59.3 Å². The molecule has 1 aromatic rings. The number of carboxylic acids is 1. The molecule has 10 heteroatoms. The van der Waals surface area contributed by atoms with Crippen LogP contribution in [0.3, 0.4) is 0 Å². The summed E-state index contributed by atoms with van der Waals surface area (Å²) in [5.41, 5.74) is 1.21. The lowest BCUT2D eigenvalue weighted by Crippen LogP contribution is -2.47. The number of nitrogens with one attached hydrogen (secondary N) is 1. The van der Waals surface area contributed by atoms with E-state index in [-0.39, 0.29) is 24.0 Å². The zero-order valence-corrected chi connectivity index (χ0v) is 16.5. The third-order valence-corrected chi connectivity index (χ3v) is 4.94. The van der Waals surface area contributed by atoms with E-state index in [0.717, 1.165) is 31.4 Å². The molecule has 2 saturated heterocycles. The maximum Gasteiger partial charge on any atom is 0.490 e. The first kappa shape index (κ1) is 23.5. The van der Waals surface area contributed by atoms with Gasteiger partial charge in [0.2, 0.25) is 5.91 Å².